The lowest BCUT2D eigenvalue weighted by molar-refractivity contribution is -0.135. The number of hydrogen-bond donors (Lipinski definition) is 2. The van der Waals surface area contributed by atoms with Gasteiger partial charge in [-0.3, -0.25) is 4.79 Å². The maximum atomic E-state index is 13.3. The van der Waals surface area contributed by atoms with Gasteiger partial charge in [-0.25, -0.2) is 9.78 Å². The number of aromatic nitrogens is 2. The molecule has 3 aromatic rings. The Kier molecular flexibility index (Phi) is 5.93. The van der Waals surface area contributed by atoms with Crippen LogP contribution in [0, 0.1) is 5.92 Å². The molecule has 2 heterocycles. The third kappa shape index (κ3) is 4.13. The molecule has 0 aliphatic carbocycles. The maximum absolute atomic E-state index is 13.3. The van der Waals surface area contributed by atoms with Crippen LogP contribution in [0.25, 0.3) is 22.0 Å². The number of methoxy groups -OCH3 is 1. The summed E-state index contributed by atoms with van der Waals surface area (Å²) in [5, 5.41) is 5.01. The number of benzene rings is 2. The average Bonchev–Trinajstić information content (AvgIpc) is 3.45. The number of nitrogens with zero attached hydrogens (tertiary/aromatic N) is 2. The van der Waals surface area contributed by atoms with Crippen LogP contribution in [-0.2, 0) is 9.53 Å². The number of carbonyl (C=O) groups excluding carboxylic acids is 2. The molecule has 1 fully saturated rings. The Morgan fingerprint density at radius 3 is 2.74 bits per heavy atom. The van der Waals surface area contributed by atoms with E-state index in [0.29, 0.717) is 6.54 Å². The van der Waals surface area contributed by atoms with Gasteiger partial charge in [0.15, 0.2) is 0 Å². The van der Waals surface area contributed by atoms with Gasteiger partial charge in [-0.05, 0) is 29.5 Å². The quantitative estimate of drug-likeness (QED) is 0.645. The molecule has 2 amide bonds. The Morgan fingerprint density at radius 1 is 1.19 bits per heavy atom. The zero-order valence-corrected chi connectivity index (χ0v) is 18.1. The van der Waals surface area contributed by atoms with Crippen LogP contribution >= 0.6 is 0 Å². The van der Waals surface area contributed by atoms with Crippen molar-refractivity contribution in [3.63, 3.8) is 0 Å². The zero-order chi connectivity index (χ0) is 22.0. The van der Waals surface area contributed by atoms with Crippen molar-refractivity contribution in [2.45, 2.75) is 38.8 Å². The summed E-state index contributed by atoms with van der Waals surface area (Å²) in [6, 6.07) is 13.7. The molecule has 0 radical (unpaired) electrons. The van der Waals surface area contributed by atoms with E-state index in [1.807, 2.05) is 43.1 Å². The molecule has 2 aromatic carbocycles. The third-order valence-corrected chi connectivity index (χ3v) is 5.92. The number of rotatable bonds is 5. The lowest BCUT2D eigenvalue weighted by Crippen LogP contribution is -2.51. The molecule has 4 rings (SSSR count). The number of H-pyrrole nitrogens is 1. The van der Waals surface area contributed by atoms with E-state index in [0.717, 1.165) is 35.3 Å². The van der Waals surface area contributed by atoms with Crippen LogP contribution in [0.15, 0.2) is 48.7 Å². The Labute approximate surface area is 181 Å². The molecule has 0 spiro atoms. The van der Waals surface area contributed by atoms with E-state index in [-0.39, 0.29) is 17.9 Å². The number of likely N-dealkylation sites (tertiary alicyclic amines) is 1. The van der Waals surface area contributed by atoms with E-state index in [1.54, 1.807) is 0 Å². The van der Waals surface area contributed by atoms with Crippen molar-refractivity contribution >= 4 is 22.8 Å². The van der Waals surface area contributed by atoms with Crippen LogP contribution < -0.4 is 5.32 Å². The molecule has 7 heteroatoms. The summed E-state index contributed by atoms with van der Waals surface area (Å²) in [6.07, 6.45) is 2.96. The summed E-state index contributed by atoms with van der Waals surface area (Å²) < 4.78 is 4.70. The maximum Gasteiger partial charge on any atom is 0.407 e. The lowest BCUT2D eigenvalue weighted by Gasteiger charge is -2.30. The molecule has 2 N–H and O–H groups in total. The molecule has 1 aliphatic heterocycles. The molecule has 7 nitrogen and oxygen atoms in total. The molecular weight excluding hydrogens is 392 g/mol. The van der Waals surface area contributed by atoms with Crippen LogP contribution in [0.3, 0.4) is 0 Å². The van der Waals surface area contributed by atoms with Crippen LogP contribution in [-0.4, -0.2) is 46.6 Å². The van der Waals surface area contributed by atoms with Crippen LogP contribution in [0.5, 0.6) is 0 Å². The highest BCUT2D eigenvalue weighted by molar-refractivity contribution is 5.95. The molecule has 31 heavy (non-hydrogen) atoms. The minimum Gasteiger partial charge on any atom is -0.453 e. The standard InChI is InChI=1S/C24H28N4O3/c1-15(2)21(27-24(30)31-3)23(29)28-13-7-12-20(28)22-25-14-19(26-22)18-11-6-9-16-8-4-5-10-17(16)18/h4-6,8-11,14-15,20-21H,7,12-13H2,1-3H3,(H,25,26)(H,27,30). The van der Waals surface area contributed by atoms with Crippen molar-refractivity contribution in [2.75, 3.05) is 13.7 Å². The monoisotopic (exact) mass is 420 g/mol. The zero-order valence-electron chi connectivity index (χ0n) is 18.1. The third-order valence-electron chi connectivity index (χ3n) is 5.92. The summed E-state index contributed by atoms with van der Waals surface area (Å²) in [5.74, 6) is 0.607. The molecule has 0 bridgehead atoms. The predicted molar refractivity (Wildman–Crippen MR) is 119 cm³/mol. The van der Waals surface area contributed by atoms with E-state index < -0.39 is 12.1 Å². The average molecular weight is 421 g/mol. The number of aromatic amines is 1. The largest absolute Gasteiger partial charge is 0.453 e. The van der Waals surface area contributed by atoms with Gasteiger partial charge in [-0.1, -0.05) is 56.3 Å². The van der Waals surface area contributed by atoms with Gasteiger partial charge in [0.2, 0.25) is 5.91 Å². The molecule has 0 saturated carbocycles. The molecule has 1 saturated heterocycles. The van der Waals surface area contributed by atoms with Crippen molar-refractivity contribution in [3.8, 4) is 11.3 Å². The van der Waals surface area contributed by atoms with E-state index in [9.17, 15) is 9.59 Å². The van der Waals surface area contributed by atoms with Gasteiger partial charge in [0.1, 0.15) is 11.9 Å². The van der Waals surface area contributed by atoms with E-state index in [4.69, 9.17) is 4.74 Å². The molecule has 2 unspecified atom stereocenters. The number of fused-ring (bicyclic) bond motifs is 1. The highest BCUT2D eigenvalue weighted by Crippen LogP contribution is 2.34. The first-order valence-electron chi connectivity index (χ1n) is 10.7. The Morgan fingerprint density at radius 2 is 1.97 bits per heavy atom. The minimum atomic E-state index is -0.638. The van der Waals surface area contributed by atoms with Crippen molar-refractivity contribution in [1.29, 1.82) is 0 Å². The fourth-order valence-electron chi connectivity index (χ4n) is 4.30. The molecule has 162 valence electrons. The summed E-state index contributed by atoms with van der Waals surface area (Å²) in [4.78, 5) is 34.9. The number of hydrogen-bond acceptors (Lipinski definition) is 4. The number of imidazole rings is 1. The number of ether oxygens (including phenoxy) is 1. The van der Waals surface area contributed by atoms with Crippen LogP contribution in [0.1, 0.15) is 38.6 Å². The van der Waals surface area contributed by atoms with Gasteiger partial charge in [0, 0.05) is 12.1 Å². The first-order valence-corrected chi connectivity index (χ1v) is 10.7. The summed E-state index contributed by atoms with van der Waals surface area (Å²) >= 11 is 0. The highest BCUT2D eigenvalue weighted by Gasteiger charge is 2.37. The first kappa shape index (κ1) is 20.9. The second kappa shape index (κ2) is 8.79. The van der Waals surface area contributed by atoms with Gasteiger partial charge in [0.05, 0.1) is 25.0 Å². The smallest absolute Gasteiger partial charge is 0.407 e. The number of amides is 2. The highest BCUT2D eigenvalue weighted by atomic mass is 16.5. The van der Waals surface area contributed by atoms with E-state index in [1.165, 1.54) is 12.5 Å². The molecular formula is C24H28N4O3. The van der Waals surface area contributed by atoms with Gasteiger partial charge in [-0.2, -0.15) is 0 Å². The fraction of sp³-hybridized carbons (Fsp3) is 0.375. The number of alkyl carbamates (subject to hydrolysis) is 1. The van der Waals surface area contributed by atoms with Crippen molar-refractivity contribution in [1.82, 2.24) is 20.2 Å². The summed E-state index contributed by atoms with van der Waals surface area (Å²) in [6.45, 7) is 4.46. The van der Waals surface area contributed by atoms with Crippen molar-refractivity contribution < 1.29 is 14.3 Å². The van der Waals surface area contributed by atoms with Gasteiger partial charge < -0.3 is 19.9 Å². The Hall–Kier alpha value is -3.35. The molecule has 2 atom stereocenters. The first-order chi connectivity index (χ1) is 15.0. The predicted octanol–water partition coefficient (Wildman–Crippen LogP) is 4.27. The second-order valence-electron chi connectivity index (χ2n) is 8.26. The van der Waals surface area contributed by atoms with Crippen LogP contribution in [0.4, 0.5) is 4.79 Å². The Bertz CT molecular complexity index is 1090. The van der Waals surface area contributed by atoms with Crippen molar-refractivity contribution in [3.05, 3.63) is 54.5 Å². The van der Waals surface area contributed by atoms with E-state index >= 15 is 0 Å². The number of nitrogens with one attached hydrogen (secondary N) is 2. The SMILES string of the molecule is COC(=O)NC(C(=O)N1CCCC1c1ncc(-c2cccc3ccccc23)[nH]1)C(C)C. The van der Waals surface area contributed by atoms with Crippen molar-refractivity contribution in [2.24, 2.45) is 5.92 Å². The van der Waals surface area contributed by atoms with Gasteiger partial charge in [0.25, 0.3) is 0 Å². The van der Waals surface area contributed by atoms with Gasteiger partial charge in [-0.15, -0.1) is 0 Å². The lowest BCUT2D eigenvalue weighted by atomic mass is 10.0. The number of carbonyl (C=O) groups is 2. The topological polar surface area (TPSA) is 87.3 Å². The molecule has 1 aliphatic rings. The summed E-state index contributed by atoms with van der Waals surface area (Å²) in [7, 11) is 1.30. The fourth-order valence-corrected chi connectivity index (χ4v) is 4.30. The minimum absolute atomic E-state index is 0.0595. The van der Waals surface area contributed by atoms with Crippen LogP contribution in [0.2, 0.25) is 0 Å². The Balaban J connectivity index is 1.60. The van der Waals surface area contributed by atoms with Gasteiger partial charge >= 0.3 is 6.09 Å². The second-order valence-corrected chi connectivity index (χ2v) is 8.26. The normalized spacial score (nSPS) is 17.2. The molecule has 1 aromatic heterocycles. The van der Waals surface area contributed by atoms with E-state index in [2.05, 4.69) is 39.6 Å². The summed E-state index contributed by atoms with van der Waals surface area (Å²) in [5.41, 5.74) is 2.01.